The summed E-state index contributed by atoms with van der Waals surface area (Å²) in [6.45, 7) is 0.884. The fraction of sp³-hybridized carbons (Fsp3) is 0.0800. The Morgan fingerprint density at radius 1 is 0.966 bits per heavy atom. The Bertz CT molecular complexity index is 1190. The maximum atomic E-state index is 9.67. The van der Waals surface area contributed by atoms with Crippen molar-refractivity contribution in [1.29, 1.82) is 5.26 Å². The molecule has 0 fully saturated rings. The lowest BCUT2D eigenvalue weighted by Gasteiger charge is -2.05. The lowest BCUT2D eigenvalue weighted by atomic mass is 10.0. The number of aryl methyl sites for hydroxylation is 1. The third-order valence-corrected chi connectivity index (χ3v) is 5.98. The Morgan fingerprint density at radius 2 is 1.69 bits per heavy atom. The second-order valence-corrected chi connectivity index (χ2v) is 8.24. The van der Waals surface area contributed by atoms with Gasteiger partial charge in [0.1, 0.15) is 0 Å². The number of allylic oxidation sites excluding steroid dienone is 1. The summed E-state index contributed by atoms with van der Waals surface area (Å²) in [5, 5.41) is 11.6. The number of para-hydroxylation sites is 1. The van der Waals surface area contributed by atoms with E-state index in [-0.39, 0.29) is 0 Å². The minimum absolute atomic E-state index is 0.670. The quantitative estimate of drug-likeness (QED) is 0.247. The predicted molar refractivity (Wildman–Crippen MR) is 124 cm³/mol. The molecule has 0 N–H and O–H groups in total. The number of benzene rings is 3. The molecule has 0 aliphatic heterocycles. The van der Waals surface area contributed by atoms with E-state index in [4.69, 9.17) is 11.6 Å². The van der Waals surface area contributed by atoms with Crippen molar-refractivity contribution in [1.82, 2.24) is 4.57 Å². The van der Waals surface area contributed by atoms with Crippen molar-refractivity contribution < 1.29 is 0 Å². The largest absolute Gasteiger partial charge is 0.346 e. The van der Waals surface area contributed by atoms with Gasteiger partial charge in [0.05, 0.1) is 11.6 Å². The molecule has 0 saturated carbocycles. The molecule has 142 valence electrons. The molecule has 4 aromatic rings. The van der Waals surface area contributed by atoms with Crippen LogP contribution in [-0.2, 0) is 6.54 Å². The van der Waals surface area contributed by atoms with Crippen molar-refractivity contribution in [2.24, 2.45) is 0 Å². The molecule has 4 rings (SSSR count). The molecule has 1 heterocycles. The normalized spacial score (nSPS) is 11.5. The van der Waals surface area contributed by atoms with Crippen LogP contribution in [0.15, 0.2) is 90.0 Å². The fourth-order valence-electron chi connectivity index (χ4n) is 3.32. The van der Waals surface area contributed by atoms with E-state index in [0.717, 1.165) is 33.8 Å². The zero-order valence-electron chi connectivity index (χ0n) is 15.8. The number of aromatic nitrogens is 1. The summed E-state index contributed by atoms with van der Waals surface area (Å²) in [4.78, 5) is 1.21. The molecule has 0 saturated heterocycles. The average Bonchev–Trinajstić information content (AvgIpc) is 3.11. The van der Waals surface area contributed by atoms with Gasteiger partial charge in [-0.1, -0.05) is 60.1 Å². The van der Waals surface area contributed by atoms with Crippen LogP contribution in [0.4, 0.5) is 0 Å². The molecule has 0 radical (unpaired) electrons. The van der Waals surface area contributed by atoms with Crippen LogP contribution in [0.3, 0.4) is 0 Å². The topological polar surface area (TPSA) is 28.7 Å². The monoisotopic (exact) mass is 414 g/mol. The van der Waals surface area contributed by atoms with Crippen molar-refractivity contribution in [3.63, 3.8) is 0 Å². The van der Waals surface area contributed by atoms with Crippen LogP contribution in [0, 0.1) is 11.3 Å². The van der Waals surface area contributed by atoms with Crippen LogP contribution < -0.4 is 0 Å². The first-order valence-electron chi connectivity index (χ1n) is 9.38. The van der Waals surface area contributed by atoms with E-state index in [0.29, 0.717) is 5.57 Å². The summed E-state index contributed by atoms with van der Waals surface area (Å²) in [7, 11) is 0. The highest BCUT2D eigenvalue weighted by Gasteiger charge is 2.09. The van der Waals surface area contributed by atoms with Crippen molar-refractivity contribution in [3.8, 4) is 6.07 Å². The lowest BCUT2D eigenvalue weighted by molar-refractivity contribution is 0.807. The smallest absolute Gasteiger partial charge is 0.0998 e. The first-order valence-corrected chi connectivity index (χ1v) is 10.7. The van der Waals surface area contributed by atoms with Gasteiger partial charge in [0.2, 0.25) is 0 Å². The standard InChI is InChI=1S/C25H19ClN2S/c26-22-10-12-23(13-11-22)29-15-14-28-18-21(24-8-4-5-9-25(24)28)16-20(17-27)19-6-2-1-3-7-19/h1-13,16,18H,14-15H2/b20-16+. The van der Waals surface area contributed by atoms with Gasteiger partial charge in [-0.3, -0.25) is 0 Å². The number of hydrogen-bond donors (Lipinski definition) is 0. The van der Waals surface area contributed by atoms with Gasteiger partial charge in [0, 0.05) is 44.9 Å². The first kappa shape index (κ1) is 19.4. The predicted octanol–water partition coefficient (Wildman–Crippen LogP) is 7.15. The maximum Gasteiger partial charge on any atom is 0.0998 e. The van der Waals surface area contributed by atoms with Gasteiger partial charge in [-0.15, -0.1) is 11.8 Å². The van der Waals surface area contributed by atoms with E-state index >= 15 is 0 Å². The number of halogens is 1. The molecular weight excluding hydrogens is 396 g/mol. The molecule has 3 aromatic carbocycles. The van der Waals surface area contributed by atoms with E-state index in [1.54, 1.807) is 0 Å². The zero-order valence-corrected chi connectivity index (χ0v) is 17.3. The van der Waals surface area contributed by atoms with Gasteiger partial charge in [-0.05, 0) is 42.0 Å². The van der Waals surface area contributed by atoms with Gasteiger partial charge in [0.25, 0.3) is 0 Å². The van der Waals surface area contributed by atoms with Gasteiger partial charge in [-0.2, -0.15) is 5.26 Å². The van der Waals surface area contributed by atoms with E-state index < -0.39 is 0 Å². The van der Waals surface area contributed by atoms with E-state index in [9.17, 15) is 5.26 Å². The van der Waals surface area contributed by atoms with E-state index in [1.807, 2.05) is 78.5 Å². The van der Waals surface area contributed by atoms with Crippen LogP contribution >= 0.6 is 23.4 Å². The molecule has 1 aromatic heterocycles. The molecule has 0 spiro atoms. The van der Waals surface area contributed by atoms with Crippen LogP contribution in [0.1, 0.15) is 11.1 Å². The molecule has 0 aliphatic rings. The van der Waals surface area contributed by atoms with Crippen LogP contribution in [-0.4, -0.2) is 10.3 Å². The molecule has 2 nitrogen and oxygen atoms in total. The highest BCUT2D eigenvalue weighted by molar-refractivity contribution is 7.99. The third-order valence-electron chi connectivity index (χ3n) is 4.74. The molecular formula is C25H19ClN2S. The summed E-state index contributed by atoms with van der Waals surface area (Å²) in [5.41, 5.74) is 3.85. The number of thioether (sulfide) groups is 1. The van der Waals surface area contributed by atoms with Gasteiger partial charge >= 0.3 is 0 Å². The summed E-state index contributed by atoms with van der Waals surface area (Å²) < 4.78 is 2.27. The highest BCUT2D eigenvalue weighted by Crippen LogP contribution is 2.27. The molecule has 0 bridgehead atoms. The molecule has 0 aliphatic carbocycles. The average molecular weight is 415 g/mol. The van der Waals surface area contributed by atoms with Crippen LogP contribution in [0.5, 0.6) is 0 Å². The van der Waals surface area contributed by atoms with Crippen molar-refractivity contribution in [2.75, 3.05) is 5.75 Å². The highest BCUT2D eigenvalue weighted by atomic mass is 35.5. The van der Waals surface area contributed by atoms with Gasteiger partial charge < -0.3 is 4.57 Å². The van der Waals surface area contributed by atoms with Crippen LogP contribution in [0.25, 0.3) is 22.6 Å². The van der Waals surface area contributed by atoms with Crippen LogP contribution in [0.2, 0.25) is 5.02 Å². The summed E-state index contributed by atoms with van der Waals surface area (Å²) >= 11 is 7.78. The minimum Gasteiger partial charge on any atom is -0.346 e. The number of nitrogens with zero attached hydrogens (tertiary/aromatic N) is 2. The SMILES string of the molecule is N#C/C(=C\c1cn(CCSc2ccc(Cl)cc2)c2ccccc12)c1ccccc1. The Kier molecular flexibility index (Phi) is 6.05. The number of fused-ring (bicyclic) bond motifs is 1. The number of rotatable bonds is 6. The van der Waals surface area contributed by atoms with Crippen molar-refractivity contribution >= 4 is 45.9 Å². The number of nitriles is 1. The van der Waals surface area contributed by atoms with Gasteiger partial charge in [-0.25, -0.2) is 0 Å². The minimum atomic E-state index is 0.670. The first-order chi connectivity index (χ1) is 14.2. The lowest BCUT2D eigenvalue weighted by Crippen LogP contribution is -1.98. The third kappa shape index (κ3) is 4.56. The van der Waals surface area contributed by atoms with E-state index in [2.05, 4.69) is 35.0 Å². The Morgan fingerprint density at radius 3 is 2.45 bits per heavy atom. The summed E-state index contributed by atoms with van der Waals surface area (Å²) in [6, 6.07) is 28.4. The molecule has 0 amide bonds. The summed E-state index contributed by atoms with van der Waals surface area (Å²) in [6.07, 6.45) is 4.13. The maximum absolute atomic E-state index is 9.67. The Balaban J connectivity index is 1.60. The molecule has 29 heavy (non-hydrogen) atoms. The molecule has 4 heteroatoms. The second-order valence-electron chi connectivity index (χ2n) is 6.63. The fourth-order valence-corrected chi connectivity index (χ4v) is 4.30. The van der Waals surface area contributed by atoms with Crippen molar-refractivity contribution in [3.05, 3.63) is 101 Å². The Hall–Kier alpha value is -2.93. The zero-order chi connectivity index (χ0) is 20.1. The van der Waals surface area contributed by atoms with Gasteiger partial charge in [0.15, 0.2) is 0 Å². The molecule has 0 unspecified atom stereocenters. The second kappa shape index (κ2) is 9.05. The van der Waals surface area contributed by atoms with Crippen molar-refractivity contribution in [2.45, 2.75) is 11.4 Å². The summed E-state index contributed by atoms with van der Waals surface area (Å²) in [5.74, 6) is 0.952. The van der Waals surface area contributed by atoms with E-state index in [1.165, 1.54) is 10.4 Å². The molecule has 0 atom stereocenters. The number of hydrogen-bond acceptors (Lipinski definition) is 2. The Labute approximate surface area is 180 Å².